The van der Waals surface area contributed by atoms with Crippen LogP contribution in [0.15, 0.2) is 24.3 Å². The highest BCUT2D eigenvalue weighted by Gasteiger charge is 2.35. The predicted molar refractivity (Wildman–Crippen MR) is 81.0 cm³/mol. The zero-order chi connectivity index (χ0) is 16.4. The van der Waals surface area contributed by atoms with Crippen molar-refractivity contribution < 1.29 is 24.2 Å². The smallest absolute Gasteiger partial charge is 0.308 e. The summed E-state index contributed by atoms with van der Waals surface area (Å²) in [6, 6.07) is 6.63. The molecule has 0 radical (unpaired) electrons. The Balaban J connectivity index is 1.60. The van der Waals surface area contributed by atoms with Crippen LogP contribution >= 0.6 is 0 Å². The van der Waals surface area contributed by atoms with E-state index in [-0.39, 0.29) is 24.3 Å². The molecule has 2 amide bonds. The van der Waals surface area contributed by atoms with Crippen LogP contribution in [0.4, 0.5) is 5.69 Å². The lowest BCUT2D eigenvalue weighted by Crippen LogP contribution is -2.45. The normalized spacial score (nSPS) is 25.9. The first-order chi connectivity index (χ1) is 11.0. The Labute approximate surface area is 133 Å². The monoisotopic (exact) mass is 318 g/mol. The summed E-state index contributed by atoms with van der Waals surface area (Å²) in [5.74, 6) is -1.67. The molecule has 122 valence electrons. The molecule has 3 rings (SSSR count). The van der Waals surface area contributed by atoms with E-state index in [1.54, 1.807) is 24.3 Å². The fourth-order valence-corrected chi connectivity index (χ4v) is 3.09. The third-order valence-electron chi connectivity index (χ3n) is 4.26. The standard InChI is InChI=1S/C16H18N2O5/c19-14(17-10-6-3-4-9(10)16(21)22)8-13-15(20)18-11-5-1-2-7-12(11)23-13/h1-2,5,7,9-10,13H,3-4,6,8H2,(H,17,19)(H,18,20)(H,21,22)/t9-,10+,13?/m1/s1. The third kappa shape index (κ3) is 3.28. The number of aliphatic carboxylic acids is 1. The van der Waals surface area contributed by atoms with Gasteiger partial charge in [-0.2, -0.15) is 0 Å². The van der Waals surface area contributed by atoms with E-state index in [0.717, 1.165) is 6.42 Å². The van der Waals surface area contributed by atoms with Gasteiger partial charge in [0.15, 0.2) is 6.10 Å². The van der Waals surface area contributed by atoms with Gasteiger partial charge in [0.1, 0.15) is 5.75 Å². The number of carbonyl (C=O) groups excluding carboxylic acids is 2. The number of nitrogens with one attached hydrogen (secondary N) is 2. The number of amides is 2. The topological polar surface area (TPSA) is 105 Å². The summed E-state index contributed by atoms with van der Waals surface area (Å²) in [6.45, 7) is 0. The van der Waals surface area contributed by atoms with Gasteiger partial charge in [-0.05, 0) is 25.0 Å². The van der Waals surface area contributed by atoms with Crippen LogP contribution in [0.5, 0.6) is 5.75 Å². The lowest BCUT2D eigenvalue weighted by molar-refractivity contribution is -0.142. The van der Waals surface area contributed by atoms with E-state index in [1.165, 1.54) is 0 Å². The fourth-order valence-electron chi connectivity index (χ4n) is 3.09. The summed E-state index contributed by atoms with van der Waals surface area (Å²) in [4.78, 5) is 35.3. The van der Waals surface area contributed by atoms with Gasteiger partial charge in [-0.3, -0.25) is 14.4 Å². The van der Waals surface area contributed by atoms with Gasteiger partial charge < -0.3 is 20.5 Å². The molecular weight excluding hydrogens is 300 g/mol. The number of rotatable bonds is 4. The summed E-state index contributed by atoms with van der Waals surface area (Å²) in [5, 5.41) is 14.5. The minimum Gasteiger partial charge on any atom is -0.481 e. The molecule has 0 spiro atoms. The molecule has 1 heterocycles. The molecule has 1 aliphatic carbocycles. The SMILES string of the molecule is O=C(CC1Oc2ccccc2NC1=O)N[C@H]1CCC[C@H]1C(=O)O. The molecule has 23 heavy (non-hydrogen) atoms. The van der Waals surface area contributed by atoms with E-state index in [1.807, 2.05) is 0 Å². The molecule has 0 saturated heterocycles. The summed E-state index contributed by atoms with van der Waals surface area (Å²) in [7, 11) is 0. The van der Waals surface area contributed by atoms with E-state index in [4.69, 9.17) is 9.84 Å². The minimum absolute atomic E-state index is 0.136. The molecule has 3 atom stereocenters. The highest BCUT2D eigenvalue weighted by atomic mass is 16.5. The maximum Gasteiger partial charge on any atom is 0.308 e. The van der Waals surface area contributed by atoms with Crippen molar-refractivity contribution in [2.24, 2.45) is 5.92 Å². The average molecular weight is 318 g/mol. The second-order valence-electron chi connectivity index (χ2n) is 5.85. The quantitative estimate of drug-likeness (QED) is 0.772. The second-order valence-corrected chi connectivity index (χ2v) is 5.85. The number of carboxylic acid groups (broad SMARTS) is 1. The number of hydrogen-bond acceptors (Lipinski definition) is 4. The maximum absolute atomic E-state index is 12.1. The van der Waals surface area contributed by atoms with Gasteiger partial charge >= 0.3 is 5.97 Å². The summed E-state index contributed by atoms with van der Waals surface area (Å²) >= 11 is 0. The molecule has 1 saturated carbocycles. The van der Waals surface area contributed by atoms with Crippen LogP contribution in [0.2, 0.25) is 0 Å². The summed E-state index contributed by atoms with van der Waals surface area (Å²) in [6.07, 6.45) is 0.935. The van der Waals surface area contributed by atoms with Gasteiger partial charge in [-0.15, -0.1) is 0 Å². The number of carbonyl (C=O) groups is 3. The van der Waals surface area contributed by atoms with Gasteiger partial charge in [0.25, 0.3) is 5.91 Å². The molecular formula is C16H18N2O5. The highest BCUT2D eigenvalue weighted by molar-refractivity contribution is 6.00. The van der Waals surface area contributed by atoms with Gasteiger partial charge in [0.2, 0.25) is 5.91 Å². The number of ether oxygens (including phenoxy) is 1. The zero-order valence-corrected chi connectivity index (χ0v) is 12.5. The molecule has 0 aromatic heterocycles. The first-order valence-corrected chi connectivity index (χ1v) is 7.63. The number of anilines is 1. The Hall–Kier alpha value is -2.57. The van der Waals surface area contributed by atoms with Crippen LogP contribution < -0.4 is 15.4 Å². The van der Waals surface area contributed by atoms with Gasteiger partial charge in [0.05, 0.1) is 18.0 Å². The Morgan fingerprint density at radius 2 is 2.09 bits per heavy atom. The van der Waals surface area contributed by atoms with Crippen molar-refractivity contribution in [3.8, 4) is 5.75 Å². The Morgan fingerprint density at radius 1 is 1.30 bits per heavy atom. The van der Waals surface area contributed by atoms with Crippen LogP contribution in [0.25, 0.3) is 0 Å². The molecule has 0 bridgehead atoms. The number of carboxylic acids is 1. The molecule has 7 nitrogen and oxygen atoms in total. The second kappa shape index (κ2) is 6.28. The van der Waals surface area contributed by atoms with E-state index in [0.29, 0.717) is 24.3 Å². The maximum atomic E-state index is 12.1. The van der Waals surface area contributed by atoms with Crippen molar-refractivity contribution >= 4 is 23.5 Å². The van der Waals surface area contributed by atoms with Crippen molar-refractivity contribution in [3.05, 3.63) is 24.3 Å². The highest BCUT2D eigenvalue weighted by Crippen LogP contribution is 2.30. The van der Waals surface area contributed by atoms with E-state index in [2.05, 4.69) is 10.6 Å². The van der Waals surface area contributed by atoms with Crippen LogP contribution in [0.1, 0.15) is 25.7 Å². The first kappa shape index (κ1) is 15.3. The van der Waals surface area contributed by atoms with Crippen LogP contribution in [-0.4, -0.2) is 35.0 Å². The van der Waals surface area contributed by atoms with Crippen LogP contribution in [0.3, 0.4) is 0 Å². The summed E-state index contributed by atoms with van der Waals surface area (Å²) in [5.41, 5.74) is 0.580. The Bertz CT molecular complexity index is 645. The number of hydrogen-bond donors (Lipinski definition) is 3. The van der Waals surface area contributed by atoms with Crippen molar-refractivity contribution in [3.63, 3.8) is 0 Å². The minimum atomic E-state index is -0.908. The molecule has 2 aliphatic rings. The Kier molecular flexibility index (Phi) is 4.18. The molecule has 1 unspecified atom stereocenters. The average Bonchev–Trinajstić information content (AvgIpc) is 2.96. The van der Waals surface area contributed by atoms with Gasteiger partial charge in [0, 0.05) is 6.04 Å². The molecule has 1 aliphatic heterocycles. The molecule has 1 aromatic carbocycles. The number of benzene rings is 1. The third-order valence-corrected chi connectivity index (χ3v) is 4.26. The lowest BCUT2D eigenvalue weighted by Gasteiger charge is -2.26. The van der Waals surface area contributed by atoms with Crippen molar-refractivity contribution in [2.75, 3.05) is 5.32 Å². The Morgan fingerprint density at radius 3 is 2.87 bits per heavy atom. The molecule has 3 N–H and O–H groups in total. The zero-order valence-electron chi connectivity index (χ0n) is 12.5. The number of fused-ring (bicyclic) bond motifs is 1. The van der Waals surface area contributed by atoms with Crippen LogP contribution in [-0.2, 0) is 14.4 Å². The van der Waals surface area contributed by atoms with Crippen molar-refractivity contribution in [1.82, 2.24) is 5.32 Å². The van der Waals surface area contributed by atoms with E-state index in [9.17, 15) is 14.4 Å². The van der Waals surface area contributed by atoms with Crippen LogP contribution in [0, 0.1) is 5.92 Å². The fraction of sp³-hybridized carbons (Fsp3) is 0.438. The van der Waals surface area contributed by atoms with E-state index < -0.39 is 18.0 Å². The first-order valence-electron chi connectivity index (χ1n) is 7.63. The van der Waals surface area contributed by atoms with Crippen molar-refractivity contribution in [2.45, 2.75) is 37.8 Å². The summed E-state index contributed by atoms with van der Waals surface area (Å²) < 4.78 is 5.56. The number of para-hydroxylation sites is 2. The lowest BCUT2D eigenvalue weighted by atomic mass is 10.0. The largest absolute Gasteiger partial charge is 0.481 e. The predicted octanol–water partition coefficient (Wildman–Crippen LogP) is 1.15. The van der Waals surface area contributed by atoms with E-state index >= 15 is 0 Å². The van der Waals surface area contributed by atoms with Gasteiger partial charge in [-0.1, -0.05) is 18.6 Å². The van der Waals surface area contributed by atoms with Crippen molar-refractivity contribution in [1.29, 1.82) is 0 Å². The molecule has 1 fully saturated rings. The molecule has 7 heteroatoms. The molecule has 1 aromatic rings. The van der Waals surface area contributed by atoms with Gasteiger partial charge in [-0.25, -0.2) is 0 Å².